The number of aryl methyl sites for hydroxylation is 2. The lowest BCUT2D eigenvalue weighted by atomic mass is 10.2. The molecule has 0 aliphatic carbocycles. The van der Waals surface area contributed by atoms with Crippen LogP contribution >= 0.6 is 11.3 Å². The molecule has 1 unspecified atom stereocenters. The van der Waals surface area contributed by atoms with Crippen molar-refractivity contribution in [1.29, 1.82) is 0 Å². The third kappa shape index (κ3) is 5.46. The molecule has 0 spiro atoms. The van der Waals surface area contributed by atoms with E-state index in [4.69, 9.17) is 4.74 Å². The molecular formula is C16H22N2O2S. The summed E-state index contributed by atoms with van der Waals surface area (Å²) in [5.74, 6) is 0.809. The molecule has 1 atom stereocenters. The molecule has 1 aromatic carbocycles. The summed E-state index contributed by atoms with van der Waals surface area (Å²) in [6, 6.07) is 7.97. The van der Waals surface area contributed by atoms with Gasteiger partial charge in [-0.1, -0.05) is 19.1 Å². The van der Waals surface area contributed by atoms with Crippen molar-refractivity contribution in [3.63, 3.8) is 0 Å². The number of aliphatic hydroxyl groups is 1. The summed E-state index contributed by atoms with van der Waals surface area (Å²) in [7, 11) is 0. The van der Waals surface area contributed by atoms with Crippen LogP contribution in [-0.4, -0.2) is 29.3 Å². The molecule has 114 valence electrons. The standard InChI is InChI=1S/C16H22N2O2S/c1-3-13-5-4-6-15(7-13)20-10-14(19)8-17-9-16-18-12(2)11-21-16/h4-7,11,14,17,19H,3,8-10H2,1-2H3. The van der Waals surface area contributed by atoms with Gasteiger partial charge < -0.3 is 15.2 Å². The van der Waals surface area contributed by atoms with Crippen LogP contribution in [0, 0.1) is 6.92 Å². The summed E-state index contributed by atoms with van der Waals surface area (Å²) in [4.78, 5) is 4.36. The number of aromatic nitrogens is 1. The highest BCUT2D eigenvalue weighted by Gasteiger charge is 2.06. The van der Waals surface area contributed by atoms with Crippen molar-refractivity contribution in [1.82, 2.24) is 10.3 Å². The SMILES string of the molecule is CCc1cccc(OCC(O)CNCc2nc(C)cs2)c1. The van der Waals surface area contributed by atoms with Crippen LogP contribution in [0.1, 0.15) is 23.2 Å². The van der Waals surface area contributed by atoms with E-state index in [1.807, 2.05) is 30.5 Å². The fourth-order valence-corrected chi connectivity index (χ4v) is 2.68. The molecule has 1 heterocycles. The third-order valence-electron chi connectivity index (χ3n) is 3.07. The molecule has 0 radical (unpaired) electrons. The van der Waals surface area contributed by atoms with E-state index >= 15 is 0 Å². The minimum absolute atomic E-state index is 0.289. The number of thiazole rings is 1. The van der Waals surface area contributed by atoms with Gasteiger partial charge in [-0.3, -0.25) is 0 Å². The monoisotopic (exact) mass is 306 g/mol. The van der Waals surface area contributed by atoms with Gasteiger partial charge in [-0.25, -0.2) is 4.98 Å². The van der Waals surface area contributed by atoms with Crippen molar-refractivity contribution in [2.75, 3.05) is 13.2 Å². The van der Waals surface area contributed by atoms with E-state index in [2.05, 4.69) is 23.3 Å². The quantitative estimate of drug-likeness (QED) is 0.787. The third-order valence-corrected chi connectivity index (χ3v) is 4.04. The number of nitrogens with zero attached hydrogens (tertiary/aromatic N) is 1. The molecule has 2 N–H and O–H groups in total. The second-order valence-electron chi connectivity index (χ2n) is 4.98. The Balaban J connectivity index is 1.68. The molecular weight excluding hydrogens is 284 g/mol. The second kappa shape index (κ2) is 8.12. The molecule has 21 heavy (non-hydrogen) atoms. The molecule has 0 saturated heterocycles. The van der Waals surface area contributed by atoms with E-state index in [0.29, 0.717) is 13.1 Å². The van der Waals surface area contributed by atoms with Crippen LogP contribution in [0.2, 0.25) is 0 Å². The zero-order valence-electron chi connectivity index (χ0n) is 12.5. The molecule has 2 rings (SSSR count). The maximum absolute atomic E-state index is 9.92. The van der Waals surface area contributed by atoms with E-state index < -0.39 is 6.10 Å². The van der Waals surface area contributed by atoms with Crippen molar-refractivity contribution in [3.05, 3.63) is 45.9 Å². The summed E-state index contributed by atoms with van der Waals surface area (Å²) >= 11 is 1.63. The first-order valence-electron chi connectivity index (χ1n) is 7.19. The van der Waals surface area contributed by atoms with Gasteiger partial charge in [0.25, 0.3) is 0 Å². The van der Waals surface area contributed by atoms with Gasteiger partial charge >= 0.3 is 0 Å². The summed E-state index contributed by atoms with van der Waals surface area (Å²) in [5.41, 5.74) is 2.27. The van der Waals surface area contributed by atoms with Gasteiger partial charge in [0.15, 0.2) is 0 Å². The largest absolute Gasteiger partial charge is 0.491 e. The van der Waals surface area contributed by atoms with Crippen LogP contribution in [0.3, 0.4) is 0 Å². The first-order valence-corrected chi connectivity index (χ1v) is 8.07. The van der Waals surface area contributed by atoms with Crippen LogP contribution in [0.4, 0.5) is 0 Å². The fourth-order valence-electron chi connectivity index (χ4n) is 1.94. The zero-order chi connectivity index (χ0) is 15.1. The second-order valence-corrected chi connectivity index (χ2v) is 5.92. The smallest absolute Gasteiger partial charge is 0.119 e. The van der Waals surface area contributed by atoms with Crippen LogP contribution in [0.25, 0.3) is 0 Å². The van der Waals surface area contributed by atoms with E-state index in [1.165, 1.54) is 5.56 Å². The molecule has 1 aromatic heterocycles. The molecule has 0 aliphatic rings. The van der Waals surface area contributed by atoms with Gasteiger partial charge in [-0.2, -0.15) is 0 Å². The number of rotatable bonds is 8. The lowest BCUT2D eigenvalue weighted by Crippen LogP contribution is -2.31. The predicted molar refractivity (Wildman–Crippen MR) is 85.9 cm³/mol. The maximum Gasteiger partial charge on any atom is 0.119 e. The number of ether oxygens (including phenoxy) is 1. The highest BCUT2D eigenvalue weighted by molar-refractivity contribution is 7.09. The molecule has 5 heteroatoms. The number of hydrogen-bond donors (Lipinski definition) is 2. The Morgan fingerprint density at radius 1 is 1.43 bits per heavy atom. The van der Waals surface area contributed by atoms with E-state index in [9.17, 15) is 5.11 Å². The van der Waals surface area contributed by atoms with Gasteiger partial charge in [0.2, 0.25) is 0 Å². The van der Waals surface area contributed by atoms with E-state index in [-0.39, 0.29) is 6.61 Å². The highest BCUT2D eigenvalue weighted by atomic mass is 32.1. The molecule has 0 amide bonds. The van der Waals surface area contributed by atoms with Gasteiger partial charge in [0.1, 0.15) is 23.5 Å². The molecule has 4 nitrogen and oxygen atoms in total. The Bertz CT molecular complexity index is 557. The van der Waals surface area contributed by atoms with Crippen molar-refractivity contribution >= 4 is 11.3 Å². The van der Waals surface area contributed by atoms with Crippen molar-refractivity contribution in [3.8, 4) is 5.75 Å². The van der Waals surface area contributed by atoms with Crippen LogP contribution in [0.15, 0.2) is 29.6 Å². The average molecular weight is 306 g/mol. The zero-order valence-corrected chi connectivity index (χ0v) is 13.3. The first-order chi connectivity index (χ1) is 10.2. The fraction of sp³-hybridized carbons (Fsp3) is 0.438. The molecule has 0 saturated carbocycles. The number of nitrogens with one attached hydrogen (secondary N) is 1. The Morgan fingerprint density at radius 2 is 2.29 bits per heavy atom. The summed E-state index contributed by atoms with van der Waals surface area (Å²) in [5, 5.41) is 16.2. The summed E-state index contributed by atoms with van der Waals surface area (Å²) in [6.45, 7) is 5.55. The number of benzene rings is 1. The Kier molecular flexibility index (Phi) is 6.17. The molecule has 2 aromatic rings. The van der Waals surface area contributed by atoms with Crippen molar-refractivity contribution in [2.24, 2.45) is 0 Å². The minimum atomic E-state index is -0.531. The molecule has 0 fully saturated rings. The van der Waals surface area contributed by atoms with Gasteiger partial charge in [0, 0.05) is 24.2 Å². The lowest BCUT2D eigenvalue weighted by molar-refractivity contribution is 0.106. The minimum Gasteiger partial charge on any atom is -0.491 e. The normalized spacial score (nSPS) is 12.3. The van der Waals surface area contributed by atoms with E-state index in [1.54, 1.807) is 11.3 Å². The first kappa shape index (κ1) is 15.9. The summed E-state index contributed by atoms with van der Waals surface area (Å²) in [6.07, 6.45) is 0.450. The summed E-state index contributed by atoms with van der Waals surface area (Å²) < 4.78 is 5.61. The Hall–Kier alpha value is -1.43. The van der Waals surface area contributed by atoms with Crippen molar-refractivity contribution < 1.29 is 9.84 Å². The number of hydrogen-bond acceptors (Lipinski definition) is 5. The lowest BCUT2D eigenvalue weighted by Gasteiger charge is -2.13. The maximum atomic E-state index is 9.92. The average Bonchev–Trinajstić information content (AvgIpc) is 2.91. The van der Waals surface area contributed by atoms with Gasteiger partial charge in [0.05, 0.1) is 0 Å². The van der Waals surface area contributed by atoms with Gasteiger partial charge in [-0.05, 0) is 31.0 Å². The van der Waals surface area contributed by atoms with Crippen LogP contribution in [0.5, 0.6) is 5.75 Å². The van der Waals surface area contributed by atoms with Crippen LogP contribution < -0.4 is 10.1 Å². The molecule has 0 aliphatic heterocycles. The topological polar surface area (TPSA) is 54.4 Å². The van der Waals surface area contributed by atoms with E-state index in [0.717, 1.165) is 22.9 Å². The van der Waals surface area contributed by atoms with Crippen LogP contribution in [-0.2, 0) is 13.0 Å². The van der Waals surface area contributed by atoms with Crippen molar-refractivity contribution in [2.45, 2.75) is 32.9 Å². The van der Waals surface area contributed by atoms with Gasteiger partial charge in [-0.15, -0.1) is 11.3 Å². The Morgan fingerprint density at radius 3 is 3.00 bits per heavy atom. The number of aliphatic hydroxyl groups excluding tert-OH is 1. The Labute approximate surface area is 129 Å². The predicted octanol–water partition coefficient (Wildman–Crippen LogP) is 2.54. The molecule has 0 bridgehead atoms. The highest BCUT2D eigenvalue weighted by Crippen LogP contribution is 2.14.